The van der Waals surface area contributed by atoms with Gasteiger partial charge in [-0.05, 0) is 18.9 Å². The molecule has 0 aliphatic carbocycles. The number of piperazine rings is 1. The monoisotopic (exact) mass is 278 g/mol. The Bertz CT molecular complexity index is 523. The Kier molecular flexibility index (Phi) is 4.11. The van der Waals surface area contributed by atoms with Crippen molar-refractivity contribution in [3.8, 4) is 0 Å². The maximum absolute atomic E-state index is 12.2. The molecule has 1 saturated heterocycles. The molecule has 1 aromatic heterocycles. The lowest BCUT2D eigenvalue weighted by Gasteiger charge is -2.37. The van der Waals surface area contributed by atoms with Gasteiger partial charge in [-0.25, -0.2) is 0 Å². The van der Waals surface area contributed by atoms with Crippen LogP contribution < -0.4 is 5.32 Å². The molecule has 2 heterocycles. The molecule has 2 unspecified atom stereocenters. The second kappa shape index (κ2) is 5.64. The molecule has 20 heavy (non-hydrogen) atoms. The van der Waals surface area contributed by atoms with Gasteiger partial charge in [0.05, 0.1) is 24.5 Å². The summed E-state index contributed by atoms with van der Waals surface area (Å²) in [4.78, 5) is 26.0. The van der Waals surface area contributed by atoms with Crippen LogP contribution in [0.1, 0.15) is 31.7 Å². The van der Waals surface area contributed by atoms with Crippen LogP contribution in [0.3, 0.4) is 0 Å². The minimum atomic E-state index is -0.392. The molecule has 1 aromatic rings. The molecule has 1 aliphatic rings. The van der Waals surface area contributed by atoms with Crippen LogP contribution in [-0.4, -0.2) is 39.1 Å². The number of nitrogens with zero attached hydrogens (tertiary/aromatic N) is 3. The van der Waals surface area contributed by atoms with Crippen molar-refractivity contribution in [1.29, 1.82) is 0 Å². The van der Waals surface area contributed by atoms with Crippen molar-refractivity contribution in [3.05, 3.63) is 17.5 Å². The van der Waals surface area contributed by atoms with Gasteiger partial charge in [0.2, 0.25) is 11.8 Å². The van der Waals surface area contributed by atoms with Crippen molar-refractivity contribution in [2.24, 2.45) is 13.0 Å². The summed E-state index contributed by atoms with van der Waals surface area (Å²) in [5, 5.41) is 6.97. The van der Waals surface area contributed by atoms with Crippen LogP contribution in [0.4, 0.5) is 0 Å². The third kappa shape index (κ3) is 2.69. The van der Waals surface area contributed by atoms with Crippen molar-refractivity contribution >= 4 is 11.8 Å². The van der Waals surface area contributed by atoms with Crippen LogP contribution in [0.5, 0.6) is 0 Å². The predicted molar refractivity (Wildman–Crippen MR) is 74.7 cm³/mol. The van der Waals surface area contributed by atoms with E-state index in [2.05, 4.69) is 10.4 Å². The average Bonchev–Trinajstić information content (AvgIpc) is 2.71. The minimum absolute atomic E-state index is 0.0336. The molecular formula is C14H22N4O2. The number of rotatable bonds is 4. The van der Waals surface area contributed by atoms with Crippen LogP contribution in [0.25, 0.3) is 0 Å². The molecule has 1 fully saturated rings. The van der Waals surface area contributed by atoms with Gasteiger partial charge in [0, 0.05) is 7.05 Å². The highest BCUT2D eigenvalue weighted by atomic mass is 16.2. The first kappa shape index (κ1) is 14.6. The third-order valence-electron chi connectivity index (χ3n) is 3.95. The SMILES string of the molecule is CCC(C)C1C(=O)NCC(=O)N1Cc1cc(C)nn1C. The maximum atomic E-state index is 12.2. The number of carbonyl (C=O) groups excluding carboxylic acids is 2. The summed E-state index contributed by atoms with van der Waals surface area (Å²) >= 11 is 0. The van der Waals surface area contributed by atoms with Gasteiger partial charge in [0.15, 0.2) is 0 Å². The van der Waals surface area contributed by atoms with Crippen molar-refractivity contribution in [2.75, 3.05) is 6.54 Å². The summed E-state index contributed by atoms with van der Waals surface area (Å²) in [6.45, 7) is 6.47. The highest BCUT2D eigenvalue weighted by Gasteiger charge is 2.37. The molecule has 2 rings (SSSR count). The van der Waals surface area contributed by atoms with Gasteiger partial charge in [0.1, 0.15) is 6.04 Å². The van der Waals surface area contributed by atoms with Crippen molar-refractivity contribution < 1.29 is 9.59 Å². The lowest BCUT2D eigenvalue weighted by Crippen LogP contribution is -2.60. The molecule has 2 amide bonds. The Morgan fingerprint density at radius 2 is 2.20 bits per heavy atom. The molecule has 1 N–H and O–H groups in total. The van der Waals surface area contributed by atoms with Crippen molar-refractivity contribution in [3.63, 3.8) is 0 Å². The Morgan fingerprint density at radius 3 is 2.75 bits per heavy atom. The maximum Gasteiger partial charge on any atom is 0.243 e. The number of carbonyl (C=O) groups is 2. The quantitative estimate of drug-likeness (QED) is 0.877. The second-order valence-corrected chi connectivity index (χ2v) is 5.47. The zero-order valence-corrected chi connectivity index (χ0v) is 12.5. The summed E-state index contributed by atoms with van der Waals surface area (Å²) in [6, 6.07) is 1.56. The number of hydrogen-bond acceptors (Lipinski definition) is 3. The van der Waals surface area contributed by atoms with E-state index in [-0.39, 0.29) is 24.3 Å². The van der Waals surface area contributed by atoms with E-state index in [4.69, 9.17) is 0 Å². The molecule has 2 atom stereocenters. The van der Waals surface area contributed by atoms with Gasteiger partial charge >= 0.3 is 0 Å². The van der Waals surface area contributed by atoms with Crippen LogP contribution in [0.2, 0.25) is 0 Å². The molecule has 1 aliphatic heterocycles. The lowest BCUT2D eigenvalue weighted by atomic mass is 9.95. The fourth-order valence-corrected chi connectivity index (χ4v) is 2.63. The molecule has 0 saturated carbocycles. The summed E-state index contributed by atoms with van der Waals surface area (Å²) in [5.41, 5.74) is 1.86. The molecule has 110 valence electrons. The van der Waals surface area contributed by atoms with E-state index >= 15 is 0 Å². The molecule has 0 spiro atoms. The summed E-state index contributed by atoms with van der Waals surface area (Å²) < 4.78 is 1.77. The van der Waals surface area contributed by atoms with Gasteiger partial charge in [-0.1, -0.05) is 20.3 Å². The van der Waals surface area contributed by atoms with E-state index in [0.717, 1.165) is 17.8 Å². The number of nitrogens with one attached hydrogen (secondary N) is 1. The fraction of sp³-hybridized carbons (Fsp3) is 0.643. The summed E-state index contributed by atoms with van der Waals surface area (Å²) in [5.74, 6) is 0.0418. The first-order valence-electron chi connectivity index (χ1n) is 7.00. The smallest absolute Gasteiger partial charge is 0.243 e. The number of aromatic nitrogens is 2. The van der Waals surface area contributed by atoms with Crippen LogP contribution in [0, 0.1) is 12.8 Å². The van der Waals surface area contributed by atoms with E-state index in [1.165, 1.54) is 0 Å². The van der Waals surface area contributed by atoms with Gasteiger partial charge < -0.3 is 10.2 Å². The van der Waals surface area contributed by atoms with E-state index in [1.807, 2.05) is 33.9 Å². The van der Waals surface area contributed by atoms with E-state index < -0.39 is 6.04 Å². The van der Waals surface area contributed by atoms with Gasteiger partial charge in [0.25, 0.3) is 0 Å². The van der Waals surface area contributed by atoms with E-state index in [9.17, 15) is 9.59 Å². The molecule has 0 radical (unpaired) electrons. The highest BCUT2D eigenvalue weighted by molar-refractivity contribution is 5.94. The standard InChI is InChI=1S/C14H22N4O2/c1-5-9(2)13-14(20)15-7-12(19)18(13)8-11-6-10(3)16-17(11)4/h6,9,13H,5,7-8H2,1-4H3,(H,15,20). The van der Waals surface area contributed by atoms with Gasteiger partial charge in [-0.2, -0.15) is 5.10 Å². The van der Waals surface area contributed by atoms with Crippen LogP contribution >= 0.6 is 0 Å². The lowest BCUT2D eigenvalue weighted by molar-refractivity contribution is -0.148. The summed E-state index contributed by atoms with van der Waals surface area (Å²) in [7, 11) is 1.86. The van der Waals surface area contributed by atoms with Crippen molar-refractivity contribution in [1.82, 2.24) is 20.0 Å². The Balaban J connectivity index is 2.26. The number of aryl methyl sites for hydroxylation is 2. The third-order valence-corrected chi connectivity index (χ3v) is 3.95. The number of amides is 2. The van der Waals surface area contributed by atoms with Crippen molar-refractivity contribution in [2.45, 2.75) is 39.8 Å². The minimum Gasteiger partial charge on any atom is -0.345 e. The first-order valence-corrected chi connectivity index (χ1v) is 7.00. The Labute approximate surface area is 119 Å². The Hall–Kier alpha value is -1.85. The molecule has 6 nitrogen and oxygen atoms in total. The zero-order chi connectivity index (χ0) is 14.9. The molecule has 6 heteroatoms. The van der Waals surface area contributed by atoms with Gasteiger partial charge in [-0.3, -0.25) is 14.3 Å². The number of hydrogen-bond donors (Lipinski definition) is 1. The van der Waals surface area contributed by atoms with E-state index in [0.29, 0.717) is 6.54 Å². The first-order chi connectivity index (χ1) is 9.43. The largest absolute Gasteiger partial charge is 0.345 e. The Morgan fingerprint density at radius 1 is 1.50 bits per heavy atom. The molecular weight excluding hydrogens is 256 g/mol. The summed E-state index contributed by atoms with van der Waals surface area (Å²) in [6.07, 6.45) is 0.853. The highest BCUT2D eigenvalue weighted by Crippen LogP contribution is 2.20. The normalized spacial score (nSPS) is 21.0. The second-order valence-electron chi connectivity index (χ2n) is 5.47. The van der Waals surface area contributed by atoms with Gasteiger partial charge in [-0.15, -0.1) is 0 Å². The molecule has 0 bridgehead atoms. The zero-order valence-electron chi connectivity index (χ0n) is 12.5. The average molecular weight is 278 g/mol. The topological polar surface area (TPSA) is 67.2 Å². The predicted octanol–water partition coefficient (Wildman–Crippen LogP) is 0.602. The fourth-order valence-electron chi connectivity index (χ4n) is 2.63. The van der Waals surface area contributed by atoms with E-state index in [1.54, 1.807) is 9.58 Å². The van der Waals surface area contributed by atoms with Crippen LogP contribution in [-0.2, 0) is 23.2 Å². The van der Waals surface area contributed by atoms with Crippen LogP contribution in [0.15, 0.2) is 6.07 Å². The molecule has 0 aromatic carbocycles.